The Kier molecular flexibility index (Phi) is 4.13. The second-order valence-corrected chi connectivity index (χ2v) is 6.31. The van der Waals surface area contributed by atoms with Gasteiger partial charge in [0.15, 0.2) is 9.84 Å². The lowest BCUT2D eigenvalue weighted by molar-refractivity contribution is 0.570. The summed E-state index contributed by atoms with van der Waals surface area (Å²) >= 11 is 0. The summed E-state index contributed by atoms with van der Waals surface area (Å²) in [5.74, 6) is 1.06. The van der Waals surface area contributed by atoms with Crippen LogP contribution in [0.2, 0.25) is 0 Å². The van der Waals surface area contributed by atoms with Crippen LogP contribution in [0.5, 0.6) is 0 Å². The topological polar surface area (TPSA) is 46.2 Å². The fourth-order valence-electron chi connectivity index (χ4n) is 1.85. The van der Waals surface area contributed by atoms with Gasteiger partial charge in [-0.3, -0.25) is 0 Å². The fourth-order valence-corrected chi connectivity index (χ4v) is 3.71. The first-order valence-electron chi connectivity index (χ1n) is 5.05. The molecule has 1 aliphatic heterocycles. The summed E-state index contributed by atoms with van der Waals surface area (Å²) in [6.07, 6.45) is 2.65. The summed E-state index contributed by atoms with van der Waals surface area (Å²) in [6, 6.07) is 0. The summed E-state index contributed by atoms with van der Waals surface area (Å²) in [4.78, 5) is 0. The number of hydrogen-bond donors (Lipinski definition) is 1. The third-order valence-electron chi connectivity index (χ3n) is 2.63. The van der Waals surface area contributed by atoms with E-state index in [-0.39, 0.29) is 0 Å². The van der Waals surface area contributed by atoms with E-state index < -0.39 is 9.84 Å². The van der Waals surface area contributed by atoms with Crippen molar-refractivity contribution in [2.24, 2.45) is 5.92 Å². The van der Waals surface area contributed by atoms with Crippen molar-refractivity contribution in [3.05, 3.63) is 12.2 Å². The second kappa shape index (κ2) is 4.94. The molecule has 0 radical (unpaired) electrons. The standard InChI is InChI=1S/C10H19NO2S/c1-9(3-5-11-2)7-10-4-6-14(12,13)8-10/h10-11H,1,3-8H2,2H3. The Morgan fingerprint density at radius 3 is 2.79 bits per heavy atom. The van der Waals surface area contributed by atoms with Crippen molar-refractivity contribution >= 4 is 9.84 Å². The van der Waals surface area contributed by atoms with Gasteiger partial charge in [0.1, 0.15) is 0 Å². The minimum atomic E-state index is -2.72. The first kappa shape index (κ1) is 11.7. The van der Waals surface area contributed by atoms with Crippen LogP contribution >= 0.6 is 0 Å². The van der Waals surface area contributed by atoms with Crippen LogP contribution in [0.1, 0.15) is 19.3 Å². The van der Waals surface area contributed by atoms with Gasteiger partial charge >= 0.3 is 0 Å². The SMILES string of the molecule is C=C(CCNC)CC1CCS(=O)(=O)C1. The van der Waals surface area contributed by atoms with Gasteiger partial charge in [0.2, 0.25) is 0 Å². The zero-order valence-electron chi connectivity index (χ0n) is 8.75. The molecule has 0 saturated carbocycles. The lowest BCUT2D eigenvalue weighted by Gasteiger charge is -2.09. The molecule has 1 fully saturated rings. The average Bonchev–Trinajstić information content (AvgIpc) is 2.42. The van der Waals surface area contributed by atoms with Gasteiger partial charge in [-0.2, -0.15) is 0 Å². The van der Waals surface area contributed by atoms with Crippen LogP contribution in [0.4, 0.5) is 0 Å². The predicted octanol–water partition coefficient (Wildman–Crippen LogP) is 0.977. The van der Waals surface area contributed by atoms with Crippen molar-refractivity contribution in [1.29, 1.82) is 0 Å². The van der Waals surface area contributed by atoms with E-state index in [9.17, 15) is 8.42 Å². The molecule has 14 heavy (non-hydrogen) atoms. The Balaban J connectivity index is 2.29. The van der Waals surface area contributed by atoms with Crippen molar-refractivity contribution in [3.63, 3.8) is 0 Å². The molecule has 0 amide bonds. The maximum atomic E-state index is 11.2. The van der Waals surface area contributed by atoms with E-state index in [4.69, 9.17) is 0 Å². The van der Waals surface area contributed by atoms with Gasteiger partial charge in [0.25, 0.3) is 0 Å². The average molecular weight is 217 g/mol. The molecule has 1 unspecified atom stereocenters. The number of sulfone groups is 1. The molecule has 82 valence electrons. The lowest BCUT2D eigenvalue weighted by atomic mass is 9.98. The van der Waals surface area contributed by atoms with Gasteiger partial charge in [-0.1, -0.05) is 12.2 Å². The van der Waals surface area contributed by atoms with Crippen LogP contribution in [0, 0.1) is 5.92 Å². The monoisotopic (exact) mass is 217 g/mol. The van der Waals surface area contributed by atoms with Gasteiger partial charge in [-0.05, 0) is 38.8 Å². The Morgan fingerprint density at radius 1 is 1.57 bits per heavy atom. The molecule has 4 heteroatoms. The van der Waals surface area contributed by atoms with E-state index in [0.29, 0.717) is 17.4 Å². The zero-order valence-corrected chi connectivity index (χ0v) is 9.57. The molecular formula is C10H19NO2S. The van der Waals surface area contributed by atoms with E-state index in [1.807, 2.05) is 7.05 Å². The summed E-state index contributed by atoms with van der Waals surface area (Å²) in [7, 11) is -0.808. The largest absolute Gasteiger partial charge is 0.319 e. The highest BCUT2D eigenvalue weighted by Gasteiger charge is 2.27. The highest BCUT2D eigenvalue weighted by Crippen LogP contribution is 2.25. The van der Waals surface area contributed by atoms with Crippen molar-refractivity contribution in [2.45, 2.75) is 19.3 Å². The maximum absolute atomic E-state index is 11.2. The molecule has 1 aliphatic rings. The van der Waals surface area contributed by atoms with E-state index in [2.05, 4.69) is 11.9 Å². The summed E-state index contributed by atoms with van der Waals surface area (Å²) < 4.78 is 22.4. The molecule has 3 nitrogen and oxygen atoms in total. The smallest absolute Gasteiger partial charge is 0.150 e. The first-order chi connectivity index (χ1) is 6.53. The quantitative estimate of drug-likeness (QED) is 0.698. The van der Waals surface area contributed by atoms with Gasteiger partial charge in [-0.15, -0.1) is 0 Å². The van der Waals surface area contributed by atoms with Crippen LogP contribution in [0.15, 0.2) is 12.2 Å². The molecule has 0 spiro atoms. The molecule has 0 bridgehead atoms. The van der Waals surface area contributed by atoms with E-state index >= 15 is 0 Å². The molecule has 1 N–H and O–H groups in total. The van der Waals surface area contributed by atoms with Crippen LogP contribution in [0.3, 0.4) is 0 Å². The molecule has 1 atom stereocenters. The van der Waals surface area contributed by atoms with Gasteiger partial charge < -0.3 is 5.32 Å². The minimum Gasteiger partial charge on any atom is -0.319 e. The Bertz CT molecular complexity index is 295. The second-order valence-electron chi connectivity index (χ2n) is 4.08. The van der Waals surface area contributed by atoms with Crippen molar-refractivity contribution in [1.82, 2.24) is 5.32 Å². The molecule has 1 heterocycles. The summed E-state index contributed by atoms with van der Waals surface area (Å²) in [6.45, 7) is 4.90. The van der Waals surface area contributed by atoms with Crippen molar-refractivity contribution in [2.75, 3.05) is 25.1 Å². The molecule has 1 saturated heterocycles. The highest BCUT2D eigenvalue weighted by molar-refractivity contribution is 7.91. The molecule has 0 aromatic rings. The predicted molar refractivity (Wildman–Crippen MR) is 59.1 cm³/mol. The van der Waals surface area contributed by atoms with Gasteiger partial charge in [-0.25, -0.2) is 8.42 Å². The Morgan fingerprint density at radius 2 is 2.29 bits per heavy atom. The summed E-state index contributed by atoms with van der Waals surface area (Å²) in [5, 5.41) is 3.06. The van der Waals surface area contributed by atoms with E-state index in [0.717, 1.165) is 25.8 Å². The van der Waals surface area contributed by atoms with Crippen LogP contribution in [0.25, 0.3) is 0 Å². The third kappa shape index (κ3) is 3.80. The molecule has 0 aromatic carbocycles. The van der Waals surface area contributed by atoms with Gasteiger partial charge in [0, 0.05) is 0 Å². The van der Waals surface area contributed by atoms with E-state index in [1.165, 1.54) is 5.57 Å². The highest BCUT2D eigenvalue weighted by atomic mass is 32.2. The third-order valence-corrected chi connectivity index (χ3v) is 4.47. The Labute approximate surface area is 86.5 Å². The molecular weight excluding hydrogens is 198 g/mol. The number of nitrogens with one attached hydrogen (secondary N) is 1. The van der Waals surface area contributed by atoms with Crippen LogP contribution in [-0.4, -0.2) is 33.5 Å². The van der Waals surface area contributed by atoms with Crippen LogP contribution in [-0.2, 0) is 9.84 Å². The maximum Gasteiger partial charge on any atom is 0.150 e. The molecule has 0 aliphatic carbocycles. The van der Waals surface area contributed by atoms with Gasteiger partial charge in [0.05, 0.1) is 11.5 Å². The van der Waals surface area contributed by atoms with Crippen molar-refractivity contribution < 1.29 is 8.42 Å². The molecule has 1 rings (SSSR count). The lowest BCUT2D eigenvalue weighted by Crippen LogP contribution is -2.10. The normalized spacial score (nSPS) is 25.1. The summed E-state index contributed by atoms with van der Waals surface area (Å²) in [5.41, 5.74) is 1.17. The van der Waals surface area contributed by atoms with Crippen molar-refractivity contribution in [3.8, 4) is 0 Å². The minimum absolute atomic E-state index is 0.323. The van der Waals surface area contributed by atoms with Crippen LogP contribution < -0.4 is 5.32 Å². The first-order valence-corrected chi connectivity index (χ1v) is 6.87. The zero-order chi connectivity index (χ0) is 10.6. The molecule has 0 aromatic heterocycles. The van der Waals surface area contributed by atoms with E-state index in [1.54, 1.807) is 0 Å². The Hall–Kier alpha value is -0.350. The number of hydrogen-bond acceptors (Lipinski definition) is 3. The fraction of sp³-hybridized carbons (Fsp3) is 0.800. The number of rotatable bonds is 5.